The minimum atomic E-state index is -0.108. The first-order valence-electron chi connectivity index (χ1n) is 7.90. The summed E-state index contributed by atoms with van der Waals surface area (Å²) in [5.74, 6) is 6.46. The van der Waals surface area contributed by atoms with E-state index in [0.717, 1.165) is 24.2 Å². The first-order valence-corrected chi connectivity index (χ1v) is 7.90. The molecule has 5 N–H and O–H groups in total. The van der Waals surface area contributed by atoms with Crippen LogP contribution in [0.15, 0.2) is 12.3 Å². The third-order valence-corrected chi connectivity index (χ3v) is 4.69. The van der Waals surface area contributed by atoms with Crippen LogP contribution in [-0.2, 0) is 0 Å². The van der Waals surface area contributed by atoms with Gasteiger partial charge in [-0.1, -0.05) is 12.8 Å². The van der Waals surface area contributed by atoms with Crippen LogP contribution < -0.4 is 17.0 Å². The number of hydrazine groups is 1. The molecule has 1 fully saturated rings. The Bertz CT molecular complexity index is 464. The van der Waals surface area contributed by atoms with Gasteiger partial charge in [-0.3, -0.25) is 16.2 Å². The Morgan fingerprint density at radius 3 is 2.43 bits per heavy atom. The van der Waals surface area contributed by atoms with Gasteiger partial charge in [0.2, 0.25) is 0 Å². The Hall–Kier alpha value is -1.17. The van der Waals surface area contributed by atoms with Crippen LogP contribution >= 0.6 is 0 Å². The smallest absolute Gasteiger partial charge is 0.128 e. The van der Waals surface area contributed by atoms with E-state index in [2.05, 4.69) is 35.2 Å². The number of pyridine rings is 1. The predicted molar refractivity (Wildman–Crippen MR) is 87.6 cm³/mol. The van der Waals surface area contributed by atoms with E-state index >= 15 is 0 Å². The van der Waals surface area contributed by atoms with Gasteiger partial charge in [0.1, 0.15) is 5.82 Å². The Kier molecular flexibility index (Phi) is 5.19. The standard InChI is InChI=1S/C16H29N5/c1-12-10-13(15(17)19-11-12)14(20-18)16(2,3)21-8-6-4-5-7-9-21/h10-11,14,20H,4-9,18H2,1-3H3,(H2,17,19). The molecule has 5 nitrogen and oxygen atoms in total. The Labute approximate surface area is 128 Å². The normalized spacial score (nSPS) is 19.2. The van der Waals surface area contributed by atoms with E-state index in [1.54, 1.807) is 6.20 Å². The van der Waals surface area contributed by atoms with E-state index in [4.69, 9.17) is 11.6 Å². The summed E-state index contributed by atoms with van der Waals surface area (Å²) in [4.78, 5) is 6.82. The summed E-state index contributed by atoms with van der Waals surface area (Å²) in [5.41, 5.74) is 11.1. The van der Waals surface area contributed by atoms with Crippen LogP contribution in [0.3, 0.4) is 0 Å². The third kappa shape index (κ3) is 3.54. The van der Waals surface area contributed by atoms with Crippen molar-refractivity contribution in [1.82, 2.24) is 15.3 Å². The second-order valence-electron chi connectivity index (χ2n) is 6.64. The van der Waals surface area contributed by atoms with Gasteiger partial charge in [-0.25, -0.2) is 4.98 Å². The van der Waals surface area contributed by atoms with E-state index < -0.39 is 0 Å². The molecule has 1 unspecified atom stereocenters. The lowest BCUT2D eigenvalue weighted by molar-refractivity contribution is 0.0836. The zero-order chi connectivity index (χ0) is 15.5. The number of aryl methyl sites for hydroxylation is 1. The van der Waals surface area contributed by atoms with Gasteiger partial charge in [-0.15, -0.1) is 0 Å². The first kappa shape index (κ1) is 16.2. The molecule has 0 radical (unpaired) electrons. The lowest BCUT2D eigenvalue weighted by Crippen LogP contribution is -2.54. The van der Waals surface area contributed by atoms with Gasteiger partial charge in [0.05, 0.1) is 6.04 Å². The molecule has 1 atom stereocenters. The molecule has 1 aromatic heterocycles. The van der Waals surface area contributed by atoms with Gasteiger partial charge in [-0.2, -0.15) is 0 Å². The lowest BCUT2D eigenvalue weighted by Gasteiger charge is -2.44. The number of likely N-dealkylation sites (tertiary alicyclic amines) is 1. The summed E-state index contributed by atoms with van der Waals surface area (Å²) in [6, 6.07) is 2.05. The summed E-state index contributed by atoms with van der Waals surface area (Å²) in [7, 11) is 0. The molecule has 0 aliphatic carbocycles. The molecule has 2 rings (SSSR count). The largest absolute Gasteiger partial charge is 0.383 e. The van der Waals surface area contributed by atoms with Gasteiger partial charge >= 0.3 is 0 Å². The van der Waals surface area contributed by atoms with E-state index in [0.29, 0.717) is 5.82 Å². The van der Waals surface area contributed by atoms with Gasteiger partial charge in [0.25, 0.3) is 0 Å². The molecule has 0 aromatic carbocycles. The molecule has 0 bridgehead atoms. The summed E-state index contributed by atoms with van der Waals surface area (Å²) in [5, 5.41) is 0. The number of hydrogen-bond acceptors (Lipinski definition) is 5. The average molecular weight is 291 g/mol. The molecule has 1 aliphatic heterocycles. The van der Waals surface area contributed by atoms with E-state index in [1.807, 2.05) is 6.92 Å². The van der Waals surface area contributed by atoms with Gasteiger partial charge in [0, 0.05) is 17.3 Å². The minimum Gasteiger partial charge on any atom is -0.383 e. The van der Waals surface area contributed by atoms with Crippen molar-refractivity contribution in [3.05, 3.63) is 23.4 Å². The Morgan fingerprint density at radius 2 is 1.86 bits per heavy atom. The highest BCUT2D eigenvalue weighted by atomic mass is 15.3. The molecule has 0 saturated carbocycles. The Morgan fingerprint density at radius 1 is 1.24 bits per heavy atom. The summed E-state index contributed by atoms with van der Waals surface area (Å²) in [6.45, 7) is 8.74. The topological polar surface area (TPSA) is 80.2 Å². The first-order chi connectivity index (χ1) is 9.96. The zero-order valence-electron chi connectivity index (χ0n) is 13.5. The summed E-state index contributed by atoms with van der Waals surface area (Å²) in [6.07, 6.45) is 6.94. The number of nitrogens with one attached hydrogen (secondary N) is 1. The molecule has 21 heavy (non-hydrogen) atoms. The van der Waals surface area contributed by atoms with Crippen LogP contribution in [0.5, 0.6) is 0 Å². The maximum atomic E-state index is 6.10. The number of nitrogen functional groups attached to an aromatic ring is 1. The van der Waals surface area contributed by atoms with Crippen LogP contribution in [0, 0.1) is 6.92 Å². The van der Waals surface area contributed by atoms with E-state index in [1.165, 1.54) is 25.7 Å². The number of nitrogens with zero attached hydrogens (tertiary/aromatic N) is 2. The highest BCUT2D eigenvalue weighted by Crippen LogP contribution is 2.34. The highest BCUT2D eigenvalue weighted by Gasteiger charge is 2.37. The van der Waals surface area contributed by atoms with E-state index in [-0.39, 0.29) is 11.6 Å². The third-order valence-electron chi connectivity index (χ3n) is 4.69. The number of hydrogen-bond donors (Lipinski definition) is 3. The van der Waals surface area contributed by atoms with Crippen molar-refractivity contribution < 1.29 is 0 Å². The van der Waals surface area contributed by atoms with Crippen molar-refractivity contribution in [3.63, 3.8) is 0 Å². The summed E-state index contributed by atoms with van der Waals surface area (Å²) >= 11 is 0. The van der Waals surface area contributed by atoms with Crippen molar-refractivity contribution in [3.8, 4) is 0 Å². The monoisotopic (exact) mass is 291 g/mol. The fourth-order valence-electron chi connectivity index (χ4n) is 3.34. The van der Waals surface area contributed by atoms with Gasteiger partial charge in [0.15, 0.2) is 0 Å². The zero-order valence-corrected chi connectivity index (χ0v) is 13.5. The molecule has 1 aromatic rings. The molecule has 1 aliphatic rings. The molecule has 1 saturated heterocycles. The predicted octanol–water partition coefficient (Wildman–Crippen LogP) is 2.13. The molecule has 5 heteroatoms. The molecular weight excluding hydrogens is 262 g/mol. The van der Waals surface area contributed by atoms with Crippen LogP contribution in [-0.4, -0.2) is 28.5 Å². The summed E-state index contributed by atoms with van der Waals surface area (Å²) < 4.78 is 0. The number of anilines is 1. The molecule has 0 amide bonds. The SMILES string of the molecule is Cc1cnc(N)c(C(NN)C(C)(C)N2CCCCCC2)c1. The van der Waals surface area contributed by atoms with Crippen LogP contribution in [0.4, 0.5) is 5.82 Å². The maximum absolute atomic E-state index is 6.10. The average Bonchev–Trinajstić information content (AvgIpc) is 2.72. The van der Waals surface area contributed by atoms with Gasteiger partial charge in [-0.05, 0) is 58.3 Å². The second kappa shape index (κ2) is 6.73. The molecule has 2 heterocycles. The highest BCUT2D eigenvalue weighted by molar-refractivity contribution is 5.44. The van der Waals surface area contributed by atoms with Gasteiger partial charge < -0.3 is 5.73 Å². The van der Waals surface area contributed by atoms with Crippen LogP contribution in [0.2, 0.25) is 0 Å². The minimum absolute atomic E-state index is 0.0389. The van der Waals surface area contributed by atoms with Crippen molar-refractivity contribution >= 4 is 5.82 Å². The van der Waals surface area contributed by atoms with Crippen molar-refractivity contribution in [2.75, 3.05) is 18.8 Å². The maximum Gasteiger partial charge on any atom is 0.128 e. The molecule has 118 valence electrons. The number of rotatable bonds is 4. The second-order valence-corrected chi connectivity index (χ2v) is 6.64. The fourth-order valence-corrected chi connectivity index (χ4v) is 3.34. The van der Waals surface area contributed by atoms with Crippen molar-refractivity contribution in [2.24, 2.45) is 5.84 Å². The molecule has 0 spiro atoms. The van der Waals surface area contributed by atoms with E-state index in [9.17, 15) is 0 Å². The lowest BCUT2D eigenvalue weighted by atomic mass is 9.86. The van der Waals surface area contributed by atoms with Crippen molar-refractivity contribution in [2.45, 2.75) is 58.0 Å². The fraction of sp³-hybridized carbons (Fsp3) is 0.688. The molecular formula is C16H29N5. The Balaban J connectivity index is 2.31. The van der Waals surface area contributed by atoms with Crippen LogP contribution in [0.25, 0.3) is 0 Å². The number of aromatic nitrogens is 1. The quantitative estimate of drug-likeness (QED) is 0.585. The van der Waals surface area contributed by atoms with Crippen LogP contribution in [0.1, 0.15) is 56.7 Å². The van der Waals surface area contributed by atoms with Crippen molar-refractivity contribution in [1.29, 1.82) is 0 Å². The number of nitrogens with two attached hydrogens (primary N) is 2.